The van der Waals surface area contributed by atoms with Gasteiger partial charge in [-0.1, -0.05) is 30.3 Å². The van der Waals surface area contributed by atoms with E-state index in [2.05, 4.69) is 15.5 Å². The normalized spacial score (nSPS) is 15.0. The van der Waals surface area contributed by atoms with Crippen LogP contribution < -0.4 is 15.4 Å². The molecule has 0 unspecified atom stereocenters. The van der Waals surface area contributed by atoms with E-state index in [9.17, 15) is 9.59 Å². The Hall–Kier alpha value is -2.86. The number of methoxy groups -OCH3 is 1. The highest BCUT2D eigenvalue weighted by Gasteiger charge is 2.25. The number of amides is 2. The minimum absolute atomic E-state index is 0.00110. The van der Waals surface area contributed by atoms with Crippen LogP contribution in [0, 0.1) is 5.92 Å². The monoisotopic (exact) mass is 381 g/mol. The summed E-state index contributed by atoms with van der Waals surface area (Å²) in [6.07, 6.45) is 1.54. The first kappa shape index (κ1) is 19.9. The molecule has 1 aliphatic rings. The van der Waals surface area contributed by atoms with Gasteiger partial charge in [0.15, 0.2) is 0 Å². The Morgan fingerprint density at radius 3 is 2.36 bits per heavy atom. The molecule has 0 spiro atoms. The van der Waals surface area contributed by atoms with Crippen molar-refractivity contribution in [3.63, 3.8) is 0 Å². The summed E-state index contributed by atoms with van der Waals surface area (Å²) in [6, 6.07) is 17.2. The summed E-state index contributed by atoms with van der Waals surface area (Å²) in [5, 5.41) is 5.92. The van der Waals surface area contributed by atoms with Crippen LogP contribution in [0.25, 0.3) is 0 Å². The van der Waals surface area contributed by atoms with Gasteiger partial charge in [-0.15, -0.1) is 0 Å². The number of benzene rings is 2. The van der Waals surface area contributed by atoms with Crippen LogP contribution in [0.1, 0.15) is 18.4 Å². The van der Waals surface area contributed by atoms with Crippen LogP contribution in [0.2, 0.25) is 0 Å². The number of rotatable bonds is 7. The molecule has 6 heteroatoms. The first-order valence-electron chi connectivity index (χ1n) is 9.62. The van der Waals surface area contributed by atoms with Gasteiger partial charge in [0.05, 0.1) is 13.7 Å². The van der Waals surface area contributed by atoms with Gasteiger partial charge >= 0.3 is 0 Å². The number of nitrogens with zero attached hydrogens (tertiary/aromatic N) is 1. The van der Waals surface area contributed by atoms with E-state index in [0.717, 1.165) is 42.9 Å². The van der Waals surface area contributed by atoms with Crippen molar-refractivity contribution in [2.75, 3.05) is 32.1 Å². The largest absolute Gasteiger partial charge is 0.497 e. The van der Waals surface area contributed by atoms with Crippen molar-refractivity contribution in [3.8, 4) is 5.75 Å². The quantitative estimate of drug-likeness (QED) is 0.774. The number of anilines is 1. The molecule has 1 aliphatic heterocycles. The molecule has 28 heavy (non-hydrogen) atoms. The van der Waals surface area contributed by atoms with Crippen molar-refractivity contribution in [1.29, 1.82) is 0 Å². The number of ether oxygens (including phenoxy) is 1. The van der Waals surface area contributed by atoms with E-state index in [-0.39, 0.29) is 17.7 Å². The maximum atomic E-state index is 12.4. The Labute approximate surface area is 165 Å². The van der Waals surface area contributed by atoms with E-state index in [1.807, 2.05) is 54.6 Å². The molecule has 6 nitrogen and oxygen atoms in total. The van der Waals surface area contributed by atoms with Crippen molar-refractivity contribution in [2.24, 2.45) is 5.92 Å². The summed E-state index contributed by atoms with van der Waals surface area (Å²) in [5.74, 6) is 0.867. The third-order valence-corrected chi connectivity index (χ3v) is 5.02. The predicted molar refractivity (Wildman–Crippen MR) is 109 cm³/mol. The Kier molecular flexibility index (Phi) is 7.03. The molecule has 2 aromatic carbocycles. The highest BCUT2D eigenvalue weighted by molar-refractivity contribution is 5.92. The van der Waals surface area contributed by atoms with Gasteiger partial charge in [0.2, 0.25) is 11.8 Å². The van der Waals surface area contributed by atoms with Gasteiger partial charge in [0.25, 0.3) is 0 Å². The van der Waals surface area contributed by atoms with Gasteiger partial charge in [-0.3, -0.25) is 14.5 Å². The predicted octanol–water partition coefficient (Wildman–Crippen LogP) is 2.66. The van der Waals surface area contributed by atoms with Crippen LogP contribution in [0.5, 0.6) is 5.75 Å². The number of likely N-dealkylation sites (tertiary alicyclic amines) is 1. The minimum atomic E-state index is -0.00110. The van der Waals surface area contributed by atoms with E-state index >= 15 is 0 Å². The van der Waals surface area contributed by atoms with Gasteiger partial charge in [0, 0.05) is 18.2 Å². The molecule has 1 heterocycles. The van der Waals surface area contributed by atoms with Gasteiger partial charge in [-0.2, -0.15) is 0 Å². The summed E-state index contributed by atoms with van der Waals surface area (Å²) in [4.78, 5) is 26.7. The average molecular weight is 381 g/mol. The van der Waals surface area contributed by atoms with Crippen LogP contribution >= 0.6 is 0 Å². The summed E-state index contributed by atoms with van der Waals surface area (Å²) in [7, 11) is 1.63. The molecule has 0 aliphatic carbocycles. The fourth-order valence-electron chi connectivity index (χ4n) is 3.32. The third kappa shape index (κ3) is 5.82. The van der Waals surface area contributed by atoms with Crippen LogP contribution in [-0.4, -0.2) is 43.5 Å². The molecule has 0 aromatic heterocycles. The highest BCUT2D eigenvalue weighted by Crippen LogP contribution is 2.19. The second-order valence-electron chi connectivity index (χ2n) is 7.03. The second-order valence-corrected chi connectivity index (χ2v) is 7.03. The summed E-state index contributed by atoms with van der Waals surface area (Å²) >= 11 is 0. The molecule has 0 bridgehead atoms. The lowest BCUT2D eigenvalue weighted by Crippen LogP contribution is -2.43. The fourth-order valence-corrected chi connectivity index (χ4v) is 3.32. The van der Waals surface area contributed by atoms with Gasteiger partial charge in [-0.05, 0) is 55.8 Å². The first-order valence-corrected chi connectivity index (χ1v) is 9.62. The summed E-state index contributed by atoms with van der Waals surface area (Å²) in [5.41, 5.74) is 1.86. The fraction of sp³-hybridized carbons (Fsp3) is 0.364. The zero-order chi connectivity index (χ0) is 19.8. The highest BCUT2D eigenvalue weighted by atomic mass is 16.5. The van der Waals surface area contributed by atoms with Crippen molar-refractivity contribution in [1.82, 2.24) is 10.2 Å². The van der Waals surface area contributed by atoms with Crippen LogP contribution in [-0.2, 0) is 16.1 Å². The van der Waals surface area contributed by atoms with Crippen molar-refractivity contribution >= 4 is 17.5 Å². The van der Waals surface area contributed by atoms with Gasteiger partial charge < -0.3 is 15.4 Å². The van der Waals surface area contributed by atoms with Crippen molar-refractivity contribution in [3.05, 3.63) is 60.2 Å². The maximum absolute atomic E-state index is 12.4. The molecule has 0 atom stereocenters. The Morgan fingerprint density at radius 1 is 1.04 bits per heavy atom. The number of para-hydroxylation sites is 1. The molecule has 1 fully saturated rings. The minimum Gasteiger partial charge on any atom is -0.497 e. The number of carbonyl (C=O) groups is 2. The number of carbonyl (C=O) groups excluding carboxylic acids is 2. The van der Waals surface area contributed by atoms with Crippen LogP contribution in [0.3, 0.4) is 0 Å². The number of hydrogen-bond acceptors (Lipinski definition) is 4. The zero-order valence-electron chi connectivity index (χ0n) is 16.2. The van der Waals surface area contributed by atoms with E-state index in [4.69, 9.17) is 4.74 Å². The third-order valence-electron chi connectivity index (χ3n) is 5.02. The van der Waals surface area contributed by atoms with E-state index < -0.39 is 0 Å². The molecule has 0 radical (unpaired) electrons. The standard InChI is InChI=1S/C22H27N3O3/c1-28-20-9-7-17(8-10-20)15-23-21(26)16-25-13-11-18(12-14-25)22(27)24-19-5-3-2-4-6-19/h2-10,18H,11-16H2,1H3,(H,23,26)(H,24,27). The molecule has 2 amide bonds. The van der Waals surface area contributed by atoms with Crippen molar-refractivity contribution < 1.29 is 14.3 Å². The molecular weight excluding hydrogens is 354 g/mol. The number of nitrogens with one attached hydrogen (secondary N) is 2. The summed E-state index contributed by atoms with van der Waals surface area (Å²) in [6.45, 7) is 2.37. The molecule has 1 saturated heterocycles. The molecule has 2 aromatic rings. The van der Waals surface area contributed by atoms with E-state index in [1.165, 1.54) is 0 Å². The number of piperidine rings is 1. The molecular formula is C22H27N3O3. The second kappa shape index (κ2) is 9.90. The Morgan fingerprint density at radius 2 is 1.71 bits per heavy atom. The van der Waals surface area contributed by atoms with Gasteiger partial charge in [0.1, 0.15) is 5.75 Å². The first-order chi connectivity index (χ1) is 13.6. The Balaban J connectivity index is 1.37. The molecule has 3 rings (SSSR count). The van der Waals surface area contributed by atoms with Crippen LogP contribution in [0.4, 0.5) is 5.69 Å². The van der Waals surface area contributed by atoms with E-state index in [1.54, 1.807) is 7.11 Å². The summed E-state index contributed by atoms with van der Waals surface area (Å²) < 4.78 is 5.13. The Bertz CT molecular complexity index is 769. The van der Waals surface area contributed by atoms with E-state index in [0.29, 0.717) is 13.1 Å². The van der Waals surface area contributed by atoms with Crippen LogP contribution in [0.15, 0.2) is 54.6 Å². The molecule has 148 valence electrons. The van der Waals surface area contributed by atoms with Gasteiger partial charge in [-0.25, -0.2) is 0 Å². The zero-order valence-corrected chi connectivity index (χ0v) is 16.2. The lowest BCUT2D eigenvalue weighted by molar-refractivity contribution is -0.123. The smallest absolute Gasteiger partial charge is 0.234 e. The van der Waals surface area contributed by atoms with Crippen molar-refractivity contribution in [2.45, 2.75) is 19.4 Å². The average Bonchev–Trinajstić information content (AvgIpc) is 2.74. The SMILES string of the molecule is COc1ccc(CNC(=O)CN2CCC(C(=O)Nc3ccccc3)CC2)cc1. The lowest BCUT2D eigenvalue weighted by Gasteiger charge is -2.30. The number of hydrogen-bond donors (Lipinski definition) is 2. The molecule has 2 N–H and O–H groups in total. The maximum Gasteiger partial charge on any atom is 0.234 e. The lowest BCUT2D eigenvalue weighted by atomic mass is 9.96. The topological polar surface area (TPSA) is 70.7 Å². The molecule has 0 saturated carbocycles.